The van der Waals surface area contributed by atoms with Gasteiger partial charge in [-0.3, -0.25) is 4.68 Å². The number of imidazole rings is 1. The summed E-state index contributed by atoms with van der Waals surface area (Å²) >= 11 is 3.47. The number of aryl methyl sites for hydroxylation is 1. The highest BCUT2D eigenvalue weighted by Crippen LogP contribution is 2.12. The van der Waals surface area contributed by atoms with Gasteiger partial charge in [0.05, 0.1) is 5.69 Å². The summed E-state index contributed by atoms with van der Waals surface area (Å²) in [6.07, 6.45) is 8.93. The molecule has 0 aliphatic rings. The van der Waals surface area contributed by atoms with Crippen LogP contribution in [0.1, 0.15) is 19.0 Å². The van der Waals surface area contributed by atoms with Crippen LogP contribution in [-0.4, -0.2) is 25.2 Å². The minimum absolute atomic E-state index is 0.422. The molecule has 0 bridgehead atoms. The van der Waals surface area contributed by atoms with Crippen molar-refractivity contribution in [2.24, 2.45) is 0 Å². The van der Waals surface area contributed by atoms with Crippen LogP contribution in [0.25, 0.3) is 5.65 Å². The number of pyridine rings is 1. The largest absolute Gasteiger partial charge is 0.309 e. The predicted molar refractivity (Wildman–Crippen MR) is 86.0 cm³/mol. The lowest BCUT2D eigenvalue weighted by molar-refractivity contribution is 0.456. The Kier molecular flexibility index (Phi) is 4.36. The van der Waals surface area contributed by atoms with E-state index in [0.717, 1.165) is 35.3 Å². The molecule has 5 nitrogen and oxygen atoms in total. The summed E-state index contributed by atoms with van der Waals surface area (Å²) in [6.45, 7) is 3.90. The molecule has 110 valence electrons. The summed E-state index contributed by atoms with van der Waals surface area (Å²) in [5.74, 6) is 0. The lowest BCUT2D eigenvalue weighted by atomic mass is 10.2. The third kappa shape index (κ3) is 3.71. The van der Waals surface area contributed by atoms with Crippen molar-refractivity contribution in [3.63, 3.8) is 0 Å². The van der Waals surface area contributed by atoms with E-state index in [1.165, 1.54) is 0 Å². The van der Waals surface area contributed by atoms with Gasteiger partial charge >= 0.3 is 0 Å². The monoisotopic (exact) mass is 347 g/mol. The van der Waals surface area contributed by atoms with Crippen molar-refractivity contribution in [1.82, 2.24) is 24.5 Å². The summed E-state index contributed by atoms with van der Waals surface area (Å²) in [5, 5.41) is 7.72. The first-order valence-electron chi connectivity index (χ1n) is 7.04. The smallest absolute Gasteiger partial charge is 0.137 e. The molecule has 0 spiro atoms. The van der Waals surface area contributed by atoms with Gasteiger partial charge in [0.25, 0.3) is 0 Å². The highest BCUT2D eigenvalue weighted by molar-refractivity contribution is 9.10. The van der Waals surface area contributed by atoms with Gasteiger partial charge in [0.2, 0.25) is 0 Å². The summed E-state index contributed by atoms with van der Waals surface area (Å²) in [6, 6.07) is 6.39. The minimum atomic E-state index is 0.422. The predicted octanol–water partition coefficient (Wildman–Crippen LogP) is 2.86. The van der Waals surface area contributed by atoms with E-state index in [-0.39, 0.29) is 0 Å². The first-order chi connectivity index (χ1) is 10.2. The van der Waals surface area contributed by atoms with Crippen molar-refractivity contribution in [1.29, 1.82) is 0 Å². The van der Waals surface area contributed by atoms with E-state index < -0.39 is 0 Å². The summed E-state index contributed by atoms with van der Waals surface area (Å²) in [7, 11) is 0. The Morgan fingerprint density at radius 3 is 3.05 bits per heavy atom. The SMILES string of the molecule is CC(CCn1cccn1)NCc1cn2cc(Br)ccc2n1. The Labute approximate surface area is 132 Å². The van der Waals surface area contributed by atoms with Crippen LogP contribution in [0.4, 0.5) is 0 Å². The zero-order valence-corrected chi connectivity index (χ0v) is 13.5. The molecule has 0 radical (unpaired) electrons. The standard InChI is InChI=1S/C15H18BrN5/c1-12(5-8-21-7-2-6-18-21)17-9-14-11-20-10-13(16)3-4-15(20)19-14/h2-4,6-7,10-12,17H,5,8-9H2,1H3. The van der Waals surface area contributed by atoms with E-state index in [0.29, 0.717) is 6.04 Å². The van der Waals surface area contributed by atoms with Gasteiger partial charge in [0.1, 0.15) is 5.65 Å². The average Bonchev–Trinajstić information content (AvgIpc) is 3.11. The summed E-state index contributed by atoms with van der Waals surface area (Å²) in [5.41, 5.74) is 2.03. The van der Waals surface area contributed by atoms with Gasteiger partial charge in [0, 0.05) is 48.4 Å². The van der Waals surface area contributed by atoms with Crippen molar-refractivity contribution in [3.8, 4) is 0 Å². The van der Waals surface area contributed by atoms with Gasteiger partial charge in [-0.05, 0) is 47.5 Å². The summed E-state index contributed by atoms with van der Waals surface area (Å²) in [4.78, 5) is 4.60. The molecule has 1 unspecified atom stereocenters. The molecule has 1 N–H and O–H groups in total. The number of halogens is 1. The van der Waals surface area contributed by atoms with E-state index in [4.69, 9.17) is 0 Å². The molecule has 0 saturated carbocycles. The fourth-order valence-electron chi connectivity index (χ4n) is 2.24. The van der Waals surface area contributed by atoms with Gasteiger partial charge < -0.3 is 9.72 Å². The lowest BCUT2D eigenvalue weighted by Crippen LogP contribution is -2.27. The topological polar surface area (TPSA) is 47.2 Å². The normalized spacial score (nSPS) is 12.9. The molecule has 3 aromatic rings. The van der Waals surface area contributed by atoms with E-state index in [9.17, 15) is 0 Å². The summed E-state index contributed by atoms with van der Waals surface area (Å²) < 4.78 is 5.05. The number of hydrogen-bond donors (Lipinski definition) is 1. The number of hydrogen-bond acceptors (Lipinski definition) is 3. The molecular weight excluding hydrogens is 330 g/mol. The molecule has 3 aromatic heterocycles. The Hall–Kier alpha value is -1.66. The van der Waals surface area contributed by atoms with Crippen molar-refractivity contribution in [3.05, 3.63) is 53.2 Å². The van der Waals surface area contributed by atoms with E-state index >= 15 is 0 Å². The lowest BCUT2D eigenvalue weighted by Gasteiger charge is -2.12. The third-order valence-electron chi connectivity index (χ3n) is 3.45. The van der Waals surface area contributed by atoms with Crippen LogP contribution < -0.4 is 5.32 Å². The fourth-order valence-corrected chi connectivity index (χ4v) is 2.59. The minimum Gasteiger partial charge on any atom is -0.309 e. The fraction of sp³-hybridized carbons (Fsp3) is 0.333. The van der Waals surface area contributed by atoms with Gasteiger partial charge in [-0.1, -0.05) is 0 Å². The molecule has 0 amide bonds. The van der Waals surface area contributed by atoms with Crippen molar-refractivity contribution in [2.45, 2.75) is 32.5 Å². The number of nitrogens with one attached hydrogen (secondary N) is 1. The Bertz CT molecular complexity index is 704. The maximum Gasteiger partial charge on any atom is 0.137 e. The zero-order valence-electron chi connectivity index (χ0n) is 11.9. The Morgan fingerprint density at radius 2 is 2.24 bits per heavy atom. The molecular formula is C15H18BrN5. The molecule has 6 heteroatoms. The average molecular weight is 348 g/mol. The first-order valence-corrected chi connectivity index (χ1v) is 7.84. The molecule has 0 aliphatic heterocycles. The van der Waals surface area contributed by atoms with Crippen LogP contribution in [0.2, 0.25) is 0 Å². The van der Waals surface area contributed by atoms with Gasteiger partial charge in [0.15, 0.2) is 0 Å². The van der Waals surface area contributed by atoms with E-state index in [1.807, 2.05) is 45.9 Å². The molecule has 0 fully saturated rings. The van der Waals surface area contributed by atoms with Crippen molar-refractivity contribution in [2.75, 3.05) is 0 Å². The van der Waals surface area contributed by atoms with E-state index in [2.05, 4.69) is 44.4 Å². The third-order valence-corrected chi connectivity index (χ3v) is 3.92. The maximum atomic E-state index is 4.60. The number of aromatic nitrogens is 4. The van der Waals surface area contributed by atoms with Crippen LogP contribution in [-0.2, 0) is 13.1 Å². The molecule has 21 heavy (non-hydrogen) atoms. The van der Waals surface area contributed by atoms with Crippen LogP contribution in [0.5, 0.6) is 0 Å². The van der Waals surface area contributed by atoms with Gasteiger partial charge in [-0.15, -0.1) is 0 Å². The highest BCUT2D eigenvalue weighted by Gasteiger charge is 2.05. The second-order valence-electron chi connectivity index (χ2n) is 5.18. The maximum absolute atomic E-state index is 4.60. The number of fused-ring (bicyclic) bond motifs is 1. The molecule has 3 heterocycles. The molecule has 3 rings (SSSR count). The van der Waals surface area contributed by atoms with Crippen LogP contribution >= 0.6 is 15.9 Å². The van der Waals surface area contributed by atoms with Crippen molar-refractivity contribution >= 4 is 21.6 Å². The van der Waals surface area contributed by atoms with E-state index in [1.54, 1.807) is 0 Å². The molecule has 0 aliphatic carbocycles. The number of nitrogens with zero attached hydrogens (tertiary/aromatic N) is 4. The van der Waals surface area contributed by atoms with Crippen LogP contribution in [0.15, 0.2) is 47.5 Å². The quantitative estimate of drug-likeness (QED) is 0.745. The first kappa shape index (κ1) is 14.3. The molecule has 1 atom stereocenters. The second kappa shape index (κ2) is 6.41. The van der Waals surface area contributed by atoms with Crippen LogP contribution in [0.3, 0.4) is 0 Å². The zero-order chi connectivity index (χ0) is 14.7. The molecule has 0 saturated heterocycles. The highest BCUT2D eigenvalue weighted by atomic mass is 79.9. The Morgan fingerprint density at radius 1 is 1.33 bits per heavy atom. The molecule has 0 aromatic carbocycles. The number of rotatable bonds is 6. The second-order valence-corrected chi connectivity index (χ2v) is 6.10. The van der Waals surface area contributed by atoms with Gasteiger partial charge in [-0.2, -0.15) is 5.10 Å². The van der Waals surface area contributed by atoms with Crippen LogP contribution in [0, 0.1) is 0 Å². The Balaban J connectivity index is 1.53. The van der Waals surface area contributed by atoms with Gasteiger partial charge in [-0.25, -0.2) is 4.98 Å². The van der Waals surface area contributed by atoms with Crippen molar-refractivity contribution < 1.29 is 0 Å².